The predicted molar refractivity (Wildman–Crippen MR) is 116 cm³/mol. The second-order valence-electron chi connectivity index (χ2n) is 7.57. The van der Waals surface area contributed by atoms with Gasteiger partial charge in [0.05, 0.1) is 22.9 Å². The zero-order valence-corrected chi connectivity index (χ0v) is 16.8. The number of hydrogen-bond donors (Lipinski definition) is 1. The van der Waals surface area contributed by atoms with Crippen LogP contribution in [0, 0.1) is 11.3 Å². The highest BCUT2D eigenvalue weighted by molar-refractivity contribution is 5.53. The van der Waals surface area contributed by atoms with Gasteiger partial charge in [-0.05, 0) is 42.5 Å². The van der Waals surface area contributed by atoms with E-state index in [1.807, 2.05) is 42.6 Å². The van der Waals surface area contributed by atoms with Crippen LogP contribution >= 0.6 is 0 Å². The highest BCUT2D eigenvalue weighted by Crippen LogP contribution is 2.21. The molecule has 0 unspecified atom stereocenters. The second kappa shape index (κ2) is 8.01. The van der Waals surface area contributed by atoms with Crippen molar-refractivity contribution in [3.8, 4) is 23.1 Å². The number of pyridine rings is 1. The Kier molecular flexibility index (Phi) is 4.90. The first-order valence-corrected chi connectivity index (χ1v) is 10.1. The lowest BCUT2D eigenvalue weighted by molar-refractivity contribution is 0.238. The fraction of sp³-hybridized carbons (Fsp3) is 0.167. The Hall–Kier alpha value is -4.02. The van der Waals surface area contributed by atoms with Crippen molar-refractivity contribution < 1.29 is 0 Å². The molecule has 1 aromatic carbocycles. The number of nitrogens with zero attached hydrogens (tertiary/aromatic N) is 5. The van der Waals surface area contributed by atoms with Crippen LogP contribution < -0.4 is 5.56 Å². The molecule has 7 heteroatoms. The first-order chi connectivity index (χ1) is 15.2. The van der Waals surface area contributed by atoms with Crippen molar-refractivity contribution in [2.24, 2.45) is 0 Å². The number of benzene rings is 1. The number of nitrogens with one attached hydrogen (secondary N) is 1. The van der Waals surface area contributed by atoms with E-state index in [9.17, 15) is 10.1 Å². The van der Waals surface area contributed by atoms with Crippen molar-refractivity contribution in [3.63, 3.8) is 0 Å². The minimum absolute atomic E-state index is 0.0920. The molecule has 0 saturated heterocycles. The molecular weight excluding hydrogens is 388 g/mol. The van der Waals surface area contributed by atoms with E-state index in [1.54, 1.807) is 18.5 Å². The highest BCUT2D eigenvalue weighted by Gasteiger charge is 2.22. The van der Waals surface area contributed by atoms with Crippen LogP contribution in [-0.2, 0) is 19.5 Å². The Balaban J connectivity index is 1.39. The normalized spacial score (nSPS) is 13.5. The molecule has 0 amide bonds. The molecule has 1 aliphatic heterocycles. The van der Waals surface area contributed by atoms with Crippen molar-refractivity contribution in [1.82, 2.24) is 24.4 Å². The summed E-state index contributed by atoms with van der Waals surface area (Å²) < 4.78 is 2.09. The van der Waals surface area contributed by atoms with Gasteiger partial charge in [-0.15, -0.1) is 0 Å². The lowest BCUT2D eigenvalue weighted by atomic mass is 10.1. The van der Waals surface area contributed by atoms with Crippen LogP contribution in [0.25, 0.3) is 17.1 Å². The van der Waals surface area contributed by atoms with Crippen LogP contribution in [0.5, 0.6) is 0 Å². The number of aromatic amines is 1. The number of hydrogen-bond acceptors (Lipinski definition) is 5. The lowest BCUT2D eigenvalue weighted by Crippen LogP contribution is -2.35. The Morgan fingerprint density at radius 1 is 1.16 bits per heavy atom. The van der Waals surface area contributed by atoms with E-state index >= 15 is 0 Å². The molecule has 0 bridgehead atoms. The van der Waals surface area contributed by atoms with Crippen molar-refractivity contribution in [3.05, 3.63) is 100.0 Å². The third-order valence-electron chi connectivity index (χ3n) is 5.55. The summed E-state index contributed by atoms with van der Waals surface area (Å²) in [6.45, 7) is 2.07. The third-order valence-corrected chi connectivity index (χ3v) is 5.55. The number of nitriles is 1. The molecule has 3 aromatic heterocycles. The average molecular weight is 408 g/mol. The minimum Gasteiger partial charge on any atom is -0.320 e. The average Bonchev–Trinajstić information content (AvgIpc) is 3.28. The standard InChI is InChI=1S/C24H20N6O/c25-13-17-4-1-6-19(12-17)30-10-3-7-20(30)15-29-11-8-22-21(16-29)24(31)28-23(27-22)18-5-2-9-26-14-18/h1-7,9-10,12,14H,8,11,15-16H2,(H,27,28,31). The molecule has 0 spiro atoms. The van der Waals surface area contributed by atoms with Gasteiger partial charge in [0, 0.05) is 61.6 Å². The summed E-state index contributed by atoms with van der Waals surface area (Å²) in [6, 6.07) is 17.5. The van der Waals surface area contributed by atoms with Gasteiger partial charge in [-0.1, -0.05) is 6.07 Å². The van der Waals surface area contributed by atoms with Gasteiger partial charge in [0.2, 0.25) is 0 Å². The summed E-state index contributed by atoms with van der Waals surface area (Å²) in [5.41, 5.74) is 4.99. The summed E-state index contributed by atoms with van der Waals surface area (Å²) in [7, 11) is 0. The molecule has 1 N–H and O–H groups in total. The van der Waals surface area contributed by atoms with Gasteiger partial charge in [0.1, 0.15) is 5.82 Å². The van der Waals surface area contributed by atoms with Gasteiger partial charge in [0.15, 0.2) is 0 Å². The zero-order chi connectivity index (χ0) is 21.2. The van der Waals surface area contributed by atoms with E-state index in [0.29, 0.717) is 24.5 Å². The summed E-state index contributed by atoms with van der Waals surface area (Å²) in [5, 5.41) is 9.19. The SMILES string of the molecule is N#Cc1cccc(-n2cccc2CN2CCc3nc(-c4cccnc4)[nH]c(=O)c3C2)c1. The number of rotatable bonds is 4. The molecule has 4 aromatic rings. The van der Waals surface area contributed by atoms with Crippen molar-refractivity contribution in [2.75, 3.05) is 6.54 Å². The van der Waals surface area contributed by atoms with Crippen molar-refractivity contribution in [2.45, 2.75) is 19.5 Å². The molecule has 1 aliphatic rings. The third kappa shape index (κ3) is 3.77. The molecule has 0 radical (unpaired) electrons. The first-order valence-electron chi connectivity index (χ1n) is 10.1. The number of H-pyrrole nitrogens is 1. The smallest absolute Gasteiger partial charge is 0.255 e. The first kappa shape index (κ1) is 19.0. The van der Waals surface area contributed by atoms with E-state index in [2.05, 4.69) is 31.6 Å². The molecular formula is C24H20N6O. The number of fused-ring (bicyclic) bond motifs is 1. The highest BCUT2D eigenvalue weighted by atomic mass is 16.1. The molecule has 152 valence electrons. The van der Waals surface area contributed by atoms with Crippen LogP contribution in [0.1, 0.15) is 22.5 Å². The van der Waals surface area contributed by atoms with Gasteiger partial charge in [-0.2, -0.15) is 5.26 Å². The largest absolute Gasteiger partial charge is 0.320 e. The van der Waals surface area contributed by atoms with Gasteiger partial charge < -0.3 is 9.55 Å². The van der Waals surface area contributed by atoms with Crippen LogP contribution in [0.4, 0.5) is 0 Å². The molecule has 5 rings (SSSR count). The molecule has 0 atom stereocenters. The molecule has 7 nitrogen and oxygen atoms in total. The van der Waals surface area contributed by atoms with Crippen molar-refractivity contribution in [1.29, 1.82) is 5.26 Å². The van der Waals surface area contributed by atoms with E-state index < -0.39 is 0 Å². The Labute approximate surface area is 179 Å². The van der Waals surface area contributed by atoms with E-state index in [0.717, 1.165) is 41.2 Å². The van der Waals surface area contributed by atoms with E-state index in [1.165, 1.54) is 0 Å². The maximum absolute atomic E-state index is 12.8. The van der Waals surface area contributed by atoms with Crippen molar-refractivity contribution >= 4 is 0 Å². The Bertz CT molecular complexity index is 1330. The van der Waals surface area contributed by atoms with Gasteiger partial charge in [0.25, 0.3) is 5.56 Å². The maximum Gasteiger partial charge on any atom is 0.255 e. The molecule has 31 heavy (non-hydrogen) atoms. The second-order valence-corrected chi connectivity index (χ2v) is 7.57. The number of aromatic nitrogens is 4. The van der Waals surface area contributed by atoms with E-state index in [4.69, 9.17) is 4.98 Å². The van der Waals surface area contributed by atoms with E-state index in [-0.39, 0.29) is 5.56 Å². The topological polar surface area (TPSA) is 90.6 Å². The molecule has 0 fully saturated rings. The molecule has 4 heterocycles. The monoisotopic (exact) mass is 408 g/mol. The Morgan fingerprint density at radius 3 is 2.94 bits per heavy atom. The quantitative estimate of drug-likeness (QED) is 0.560. The van der Waals surface area contributed by atoms with Crippen LogP contribution in [-0.4, -0.2) is 31.0 Å². The van der Waals surface area contributed by atoms with Gasteiger partial charge in [-0.25, -0.2) is 4.98 Å². The Morgan fingerprint density at radius 2 is 2.10 bits per heavy atom. The van der Waals surface area contributed by atoms with Crippen LogP contribution in [0.3, 0.4) is 0 Å². The predicted octanol–water partition coefficient (Wildman–Crippen LogP) is 3.05. The summed E-state index contributed by atoms with van der Waals surface area (Å²) in [6.07, 6.45) is 6.12. The zero-order valence-electron chi connectivity index (χ0n) is 16.8. The fourth-order valence-corrected chi connectivity index (χ4v) is 4.01. The molecule has 0 aliphatic carbocycles. The lowest BCUT2D eigenvalue weighted by Gasteiger charge is -2.28. The summed E-state index contributed by atoms with van der Waals surface area (Å²) in [4.78, 5) is 26.8. The summed E-state index contributed by atoms with van der Waals surface area (Å²) in [5.74, 6) is 0.566. The van der Waals surface area contributed by atoms with Crippen LogP contribution in [0.15, 0.2) is 71.9 Å². The van der Waals surface area contributed by atoms with Crippen LogP contribution in [0.2, 0.25) is 0 Å². The van der Waals surface area contributed by atoms with Gasteiger partial charge >= 0.3 is 0 Å². The molecule has 0 saturated carbocycles. The van der Waals surface area contributed by atoms with Gasteiger partial charge in [-0.3, -0.25) is 14.7 Å². The maximum atomic E-state index is 12.8. The minimum atomic E-state index is -0.0920. The fourth-order valence-electron chi connectivity index (χ4n) is 4.01. The summed E-state index contributed by atoms with van der Waals surface area (Å²) >= 11 is 0.